The SMILES string of the molecule is CNNc1ccc(OC)c(-c2noc(C)c2C(=O)N2CCN(c3ncc(Cl)cc3Cl)CC2)c1. The van der Waals surface area contributed by atoms with E-state index in [0.29, 0.717) is 70.4 Å². The van der Waals surface area contributed by atoms with Crippen LogP contribution in [0.5, 0.6) is 5.75 Å². The van der Waals surface area contributed by atoms with E-state index in [4.69, 9.17) is 32.5 Å². The Labute approximate surface area is 201 Å². The molecule has 1 aromatic carbocycles. The topological polar surface area (TPSA) is 95.8 Å². The quantitative estimate of drug-likeness (QED) is 0.502. The van der Waals surface area contributed by atoms with E-state index < -0.39 is 0 Å². The average molecular weight is 491 g/mol. The summed E-state index contributed by atoms with van der Waals surface area (Å²) in [5.41, 5.74) is 8.24. The van der Waals surface area contributed by atoms with Gasteiger partial charge in [-0.1, -0.05) is 28.4 Å². The lowest BCUT2D eigenvalue weighted by Gasteiger charge is -2.35. The Morgan fingerprint density at radius 3 is 2.61 bits per heavy atom. The lowest BCUT2D eigenvalue weighted by molar-refractivity contribution is 0.0745. The zero-order valence-electron chi connectivity index (χ0n) is 18.5. The Kier molecular flexibility index (Phi) is 6.92. The van der Waals surface area contributed by atoms with Gasteiger partial charge in [0.05, 0.1) is 17.2 Å². The van der Waals surface area contributed by atoms with E-state index in [0.717, 1.165) is 5.69 Å². The number of aromatic nitrogens is 2. The van der Waals surface area contributed by atoms with Crippen LogP contribution in [-0.2, 0) is 0 Å². The first-order valence-corrected chi connectivity index (χ1v) is 11.1. The predicted octanol–water partition coefficient (Wildman–Crippen LogP) is 3.87. The number of carbonyl (C=O) groups excluding carboxylic acids is 1. The Bertz CT molecular complexity index is 1160. The summed E-state index contributed by atoms with van der Waals surface area (Å²) in [6.07, 6.45) is 1.57. The molecule has 1 fully saturated rings. The highest BCUT2D eigenvalue weighted by Gasteiger charge is 2.30. The number of amides is 1. The van der Waals surface area contributed by atoms with Crippen LogP contribution in [0.2, 0.25) is 10.0 Å². The molecule has 1 aliphatic heterocycles. The molecule has 174 valence electrons. The first kappa shape index (κ1) is 23.2. The second-order valence-corrected chi connectivity index (χ2v) is 8.33. The Morgan fingerprint density at radius 1 is 1.18 bits per heavy atom. The number of piperazine rings is 1. The fraction of sp³-hybridized carbons (Fsp3) is 0.318. The molecule has 11 heteroatoms. The molecule has 0 unspecified atom stereocenters. The summed E-state index contributed by atoms with van der Waals surface area (Å²) in [6, 6.07) is 7.20. The summed E-state index contributed by atoms with van der Waals surface area (Å²) in [5, 5.41) is 5.16. The Morgan fingerprint density at radius 2 is 1.94 bits per heavy atom. The Balaban J connectivity index is 1.57. The fourth-order valence-electron chi connectivity index (χ4n) is 3.84. The number of aryl methyl sites for hydroxylation is 1. The van der Waals surface area contributed by atoms with Gasteiger partial charge in [0, 0.05) is 50.7 Å². The number of halogens is 2. The second-order valence-electron chi connectivity index (χ2n) is 7.49. The van der Waals surface area contributed by atoms with Crippen LogP contribution >= 0.6 is 23.2 Å². The van der Waals surface area contributed by atoms with E-state index in [2.05, 4.69) is 21.0 Å². The number of nitrogens with zero attached hydrogens (tertiary/aromatic N) is 4. The summed E-state index contributed by atoms with van der Waals surface area (Å²) in [6.45, 7) is 3.92. The zero-order chi connectivity index (χ0) is 23.5. The van der Waals surface area contributed by atoms with Crippen LogP contribution in [0.4, 0.5) is 11.5 Å². The molecule has 0 saturated carbocycles. The van der Waals surface area contributed by atoms with Gasteiger partial charge in [0.25, 0.3) is 5.91 Å². The predicted molar refractivity (Wildman–Crippen MR) is 128 cm³/mol. The fourth-order valence-corrected chi connectivity index (χ4v) is 4.34. The van der Waals surface area contributed by atoms with Crippen molar-refractivity contribution in [2.24, 2.45) is 0 Å². The van der Waals surface area contributed by atoms with Gasteiger partial charge in [-0.2, -0.15) is 0 Å². The van der Waals surface area contributed by atoms with Crippen molar-refractivity contribution in [2.45, 2.75) is 6.92 Å². The molecular weight excluding hydrogens is 467 g/mol. The van der Waals surface area contributed by atoms with E-state index in [1.807, 2.05) is 23.1 Å². The molecule has 33 heavy (non-hydrogen) atoms. The largest absolute Gasteiger partial charge is 0.496 e. The van der Waals surface area contributed by atoms with Crippen LogP contribution in [0, 0.1) is 6.92 Å². The molecule has 0 spiro atoms. The van der Waals surface area contributed by atoms with Crippen molar-refractivity contribution < 1.29 is 14.1 Å². The van der Waals surface area contributed by atoms with Crippen LogP contribution in [-0.4, -0.2) is 61.3 Å². The molecule has 3 heterocycles. The molecule has 1 aliphatic rings. The van der Waals surface area contributed by atoms with Gasteiger partial charge >= 0.3 is 0 Å². The van der Waals surface area contributed by atoms with Crippen molar-refractivity contribution in [1.29, 1.82) is 0 Å². The molecule has 1 amide bonds. The van der Waals surface area contributed by atoms with Crippen LogP contribution in [0.15, 0.2) is 35.0 Å². The minimum absolute atomic E-state index is 0.146. The normalized spacial score (nSPS) is 13.8. The summed E-state index contributed by atoms with van der Waals surface area (Å²) < 4.78 is 11.0. The lowest BCUT2D eigenvalue weighted by atomic mass is 10.0. The number of benzene rings is 1. The molecule has 9 nitrogen and oxygen atoms in total. The van der Waals surface area contributed by atoms with Gasteiger partial charge in [-0.25, -0.2) is 10.4 Å². The molecule has 4 rings (SSSR count). The van der Waals surface area contributed by atoms with Crippen LogP contribution in [0.1, 0.15) is 16.1 Å². The molecule has 3 aromatic rings. The first-order valence-electron chi connectivity index (χ1n) is 10.4. The number of hydrazine groups is 1. The Hall–Kier alpha value is -3.01. The second kappa shape index (κ2) is 9.86. The molecule has 1 saturated heterocycles. The lowest BCUT2D eigenvalue weighted by Crippen LogP contribution is -2.49. The minimum atomic E-state index is -0.146. The van der Waals surface area contributed by atoms with Gasteiger partial charge in [0.2, 0.25) is 0 Å². The van der Waals surface area contributed by atoms with Gasteiger partial charge in [-0.15, -0.1) is 0 Å². The number of pyridine rings is 1. The van der Waals surface area contributed by atoms with Crippen LogP contribution < -0.4 is 20.5 Å². The molecular formula is C22H24Cl2N6O3. The number of methoxy groups -OCH3 is 1. The molecule has 0 radical (unpaired) electrons. The maximum Gasteiger partial charge on any atom is 0.259 e. The summed E-state index contributed by atoms with van der Waals surface area (Å²) in [4.78, 5) is 21.7. The monoisotopic (exact) mass is 490 g/mol. The summed E-state index contributed by atoms with van der Waals surface area (Å²) >= 11 is 12.3. The van der Waals surface area contributed by atoms with E-state index in [9.17, 15) is 4.79 Å². The molecule has 2 aromatic heterocycles. The maximum atomic E-state index is 13.5. The first-order chi connectivity index (χ1) is 15.9. The van der Waals surface area contributed by atoms with Gasteiger partial charge in [-0.05, 0) is 31.2 Å². The summed E-state index contributed by atoms with van der Waals surface area (Å²) in [7, 11) is 3.35. The molecule has 2 N–H and O–H groups in total. The third-order valence-electron chi connectivity index (χ3n) is 5.46. The molecule has 0 atom stereocenters. The number of carbonyl (C=O) groups is 1. The highest BCUT2D eigenvalue weighted by atomic mass is 35.5. The number of rotatable bonds is 6. The third kappa shape index (κ3) is 4.71. The van der Waals surface area contributed by atoms with Crippen molar-refractivity contribution >= 4 is 40.6 Å². The highest BCUT2D eigenvalue weighted by molar-refractivity contribution is 6.36. The average Bonchev–Trinajstić information content (AvgIpc) is 3.20. The van der Waals surface area contributed by atoms with E-state index >= 15 is 0 Å². The number of hydrogen-bond acceptors (Lipinski definition) is 8. The van der Waals surface area contributed by atoms with Gasteiger partial charge < -0.3 is 24.5 Å². The van der Waals surface area contributed by atoms with Gasteiger partial charge in [0.1, 0.15) is 28.6 Å². The number of nitrogens with one attached hydrogen (secondary N) is 2. The smallest absolute Gasteiger partial charge is 0.259 e. The van der Waals surface area contributed by atoms with Crippen LogP contribution in [0.3, 0.4) is 0 Å². The zero-order valence-corrected chi connectivity index (χ0v) is 20.0. The van der Waals surface area contributed by atoms with Crippen molar-refractivity contribution in [2.75, 3.05) is 50.7 Å². The van der Waals surface area contributed by atoms with Crippen molar-refractivity contribution in [3.63, 3.8) is 0 Å². The number of hydrogen-bond donors (Lipinski definition) is 2. The highest BCUT2D eigenvalue weighted by Crippen LogP contribution is 2.36. The van der Waals surface area contributed by atoms with Crippen molar-refractivity contribution in [1.82, 2.24) is 20.5 Å². The standard InChI is InChI=1S/C22H24Cl2N6O3/c1-13-19(20(28-33-13)16-11-15(27-25-2)4-5-18(16)32-3)22(31)30-8-6-29(7-9-30)21-17(24)10-14(23)12-26-21/h4-5,10-12,25,27H,6-9H2,1-3H3. The molecule has 0 bridgehead atoms. The third-order valence-corrected chi connectivity index (χ3v) is 5.94. The van der Waals surface area contributed by atoms with Gasteiger partial charge in [-0.3, -0.25) is 4.79 Å². The minimum Gasteiger partial charge on any atom is -0.496 e. The maximum absolute atomic E-state index is 13.5. The van der Waals surface area contributed by atoms with E-state index in [1.54, 1.807) is 38.2 Å². The molecule has 0 aliphatic carbocycles. The summed E-state index contributed by atoms with van der Waals surface area (Å²) in [5.74, 6) is 1.56. The van der Waals surface area contributed by atoms with Crippen molar-refractivity contribution in [3.05, 3.63) is 51.8 Å². The number of anilines is 2. The van der Waals surface area contributed by atoms with Crippen LogP contribution in [0.25, 0.3) is 11.3 Å². The van der Waals surface area contributed by atoms with E-state index in [1.165, 1.54) is 0 Å². The number of ether oxygens (including phenoxy) is 1. The van der Waals surface area contributed by atoms with Crippen molar-refractivity contribution in [3.8, 4) is 17.0 Å². The van der Waals surface area contributed by atoms with E-state index in [-0.39, 0.29) is 5.91 Å². The van der Waals surface area contributed by atoms with Gasteiger partial charge in [0.15, 0.2) is 0 Å².